The highest BCUT2D eigenvalue weighted by Gasteiger charge is 2.33. The lowest BCUT2D eigenvalue weighted by Crippen LogP contribution is -2.11. The third-order valence-electron chi connectivity index (χ3n) is 3.08. The van der Waals surface area contributed by atoms with Gasteiger partial charge in [0.05, 0.1) is 12.7 Å². The predicted octanol–water partition coefficient (Wildman–Crippen LogP) is 4.87. The van der Waals surface area contributed by atoms with Gasteiger partial charge >= 0.3 is 6.18 Å². The molecule has 0 bridgehead atoms. The fourth-order valence-corrected chi connectivity index (χ4v) is 2.33. The van der Waals surface area contributed by atoms with Gasteiger partial charge in [0.15, 0.2) is 11.5 Å². The van der Waals surface area contributed by atoms with E-state index in [1.807, 2.05) is 0 Å². The van der Waals surface area contributed by atoms with E-state index in [0.29, 0.717) is 16.3 Å². The first-order valence-corrected chi connectivity index (χ1v) is 7.26. The lowest BCUT2D eigenvalue weighted by atomic mass is 10.1. The molecule has 0 aliphatic carbocycles. The number of aldehydes is 1. The summed E-state index contributed by atoms with van der Waals surface area (Å²) in [6, 6.07) is 8.30. The average Bonchev–Trinajstić information content (AvgIpc) is 2.52. The molecule has 0 atom stereocenters. The van der Waals surface area contributed by atoms with Crippen molar-refractivity contribution in [1.82, 2.24) is 0 Å². The number of hydrogen-bond donors (Lipinski definition) is 0. The number of benzene rings is 2. The van der Waals surface area contributed by atoms with Crippen LogP contribution in [0.25, 0.3) is 0 Å². The Hall–Kier alpha value is -2.02. The summed E-state index contributed by atoms with van der Waals surface area (Å²) in [7, 11) is 1.39. The fraction of sp³-hybridized carbons (Fsp3) is 0.188. The Morgan fingerprint density at radius 1 is 1.13 bits per heavy atom. The van der Waals surface area contributed by atoms with Gasteiger partial charge < -0.3 is 9.47 Å². The zero-order valence-electron chi connectivity index (χ0n) is 12.0. The van der Waals surface area contributed by atoms with Crippen molar-refractivity contribution in [3.05, 3.63) is 57.6 Å². The molecule has 0 unspecified atom stereocenters. The third kappa shape index (κ3) is 4.25. The van der Waals surface area contributed by atoms with E-state index in [1.165, 1.54) is 37.4 Å². The van der Waals surface area contributed by atoms with Crippen LogP contribution in [0.3, 0.4) is 0 Å². The zero-order chi connectivity index (χ0) is 17.0. The molecule has 122 valence electrons. The Morgan fingerprint density at radius 3 is 2.48 bits per heavy atom. The predicted molar refractivity (Wildman–Crippen MR) is 81.9 cm³/mol. The summed E-state index contributed by atoms with van der Waals surface area (Å²) in [6.45, 7) is -0.279. The monoisotopic (exact) mass is 388 g/mol. The van der Waals surface area contributed by atoms with Gasteiger partial charge in [0, 0.05) is 15.6 Å². The first-order valence-electron chi connectivity index (χ1n) is 6.47. The van der Waals surface area contributed by atoms with Gasteiger partial charge in [0.25, 0.3) is 0 Å². The molecule has 0 heterocycles. The molecular weight excluding hydrogens is 377 g/mol. The largest absolute Gasteiger partial charge is 0.493 e. The van der Waals surface area contributed by atoms with Crippen molar-refractivity contribution in [3.63, 3.8) is 0 Å². The van der Waals surface area contributed by atoms with Crippen LogP contribution < -0.4 is 9.47 Å². The molecule has 0 aromatic heterocycles. The Bertz CT molecular complexity index is 714. The number of ether oxygens (including phenoxy) is 2. The van der Waals surface area contributed by atoms with E-state index in [-0.39, 0.29) is 23.7 Å². The van der Waals surface area contributed by atoms with E-state index >= 15 is 0 Å². The maximum atomic E-state index is 13.1. The molecule has 2 aromatic rings. The number of methoxy groups -OCH3 is 1. The molecule has 0 saturated carbocycles. The molecule has 0 fully saturated rings. The lowest BCUT2D eigenvalue weighted by Gasteiger charge is -2.15. The Kier molecular flexibility index (Phi) is 5.30. The van der Waals surface area contributed by atoms with Crippen LogP contribution in [0.4, 0.5) is 13.2 Å². The van der Waals surface area contributed by atoms with Gasteiger partial charge in [-0.15, -0.1) is 0 Å². The van der Waals surface area contributed by atoms with Crippen molar-refractivity contribution in [2.45, 2.75) is 12.8 Å². The average molecular weight is 389 g/mol. The summed E-state index contributed by atoms with van der Waals surface area (Å²) in [5.41, 5.74) is -0.383. The number of halogens is 4. The summed E-state index contributed by atoms with van der Waals surface area (Å²) < 4.78 is 50.0. The number of carbonyl (C=O) groups is 1. The van der Waals surface area contributed by atoms with Crippen molar-refractivity contribution in [2.75, 3.05) is 7.11 Å². The van der Waals surface area contributed by atoms with Crippen LogP contribution in [0.5, 0.6) is 11.5 Å². The van der Waals surface area contributed by atoms with Crippen LogP contribution in [0.15, 0.2) is 40.9 Å². The summed E-state index contributed by atoms with van der Waals surface area (Å²) in [4.78, 5) is 10.7. The van der Waals surface area contributed by atoms with E-state index in [4.69, 9.17) is 9.47 Å². The van der Waals surface area contributed by atoms with Gasteiger partial charge in [-0.1, -0.05) is 22.0 Å². The summed E-state index contributed by atoms with van der Waals surface area (Å²) in [5, 5.41) is 0. The molecule has 0 N–H and O–H groups in total. The van der Waals surface area contributed by atoms with E-state index in [0.717, 1.165) is 6.07 Å². The molecule has 0 spiro atoms. The summed E-state index contributed by atoms with van der Waals surface area (Å²) in [6.07, 6.45) is -3.84. The molecule has 2 aromatic carbocycles. The van der Waals surface area contributed by atoms with Crippen molar-refractivity contribution in [3.8, 4) is 11.5 Å². The number of carbonyl (C=O) groups excluding carboxylic acids is 1. The first-order chi connectivity index (χ1) is 10.8. The zero-order valence-corrected chi connectivity index (χ0v) is 13.6. The molecular formula is C16H12BrF3O3. The summed E-state index contributed by atoms with van der Waals surface area (Å²) in [5.74, 6) is 0.536. The molecule has 23 heavy (non-hydrogen) atoms. The highest BCUT2D eigenvalue weighted by molar-refractivity contribution is 9.10. The van der Waals surface area contributed by atoms with E-state index in [9.17, 15) is 18.0 Å². The smallest absolute Gasteiger partial charge is 0.416 e. The maximum absolute atomic E-state index is 13.1. The highest BCUT2D eigenvalue weighted by atomic mass is 79.9. The minimum Gasteiger partial charge on any atom is -0.493 e. The van der Waals surface area contributed by atoms with Crippen molar-refractivity contribution in [1.29, 1.82) is 0 Å². The number of alkyl halides is 3. The van der Waals surface area contributed by atoms with Crippen LogP contribution in [-0.4, -0.2) is 13.4 Å². The quantitative estimate of drug-likeness (QED) is 0.685. The lowest BCUT2D eigenvalue weighted by molar-refractivity contribution is -0.138. The van der Waals surface area contributed by atoms with E-state index in [1.54, 1.807) is 0 Å². The minimum absolute atomic E-state index is 0.00205. The second kappa shape index (κ2) is 7.04. The fourth-order valence-electron chi connectivity index (χ4n) is 1.97. The Balaban J connectivity index is 2.26. The van der Waals surface area contributed by atoms with Crippen LogP contribution in [-0.2, 0) is 12.8 Å². The second-order valence-corrected chi connectivity index (χ2v) is 5.53. The van der Waals surface area contributed by atoms with Crippen molar-refractivity contribution < 1.29 is 27.4 Å². The van der Waals surface area contributed by atoms with Gasteiger partial charge in [-0.25, -0.2) is 0 Å². The molecule has 0 radical (unpaired) electrons. The minimum atomic E-state index is -4.48. The topological polar surface area (TPSA) is 35.5 Å². The van der Waals surface area contributed by atoms with E-state index in [2.05, 4.69) is 15.9 Å². The molecule has 0 aliphatic rings. The Labute approximate surface area is 139 Å². The van der Waals surface area contributed by atoms with Crippen LogP contribution in [0, 0.1) is 0 Å². The van der Waals surface area contributed by atoms with Crippen molar-refractivity contribution >= 4 is 22.2 Å². The molecule has 7 heteroatoms. The van der Waals surface area contributed by atoms with Gasteiger partial charge in [-0.2, -0.15) is 13.2 Å². The van der Waals surface area contributed by atoms with Gasteiger partial charge in [-0.3, -0.25) is 4.79 Å². The standard InChI is InChI=1S/C16H12BrF3O3/c1-22-15-6-10(8-21)2-5-14(15)23-9-11-3-4-12(17)7-13(11)16(18,19)20/h2-8H,9H2,1H3. The van der Waals surface area contributed by atoms with Gasteiger partial charge in [0.2, 0.25) is 0 Å². The van der Waals surface area contributed by atoms with Crippen molar-refractivity contribution in [2.24, 2.45) is 0 Å². The SMILES string of the molecule is COc1cc(C=O)ccc1OCc1ccc(Br)cc1C(F)(F)F. The highest BCUT2D eigenvalue weighted by Crippen LogP contribution is 2.35. The molecule has 0 aliphatic heterocycles. The molecule has 3 nitrogen and oxygen atoms in total. The Morgan fingerprint density at radius 2 is 1.87 bits per heavy atom. The van der Waals surface area contributed by atoms with Gasteiger partial charge in [-0.05, 0) is 30.3 Å². The normalized spacial score (nSPS) is 11.2. The second-order valence-electron chi connectivity index (χ2n) is 4.62. The van der Waals surface area contributed by atoms with E-state index < -0.39 is 11.7 Å². The number of rotatable bonds is 5. The molecule has 2 rings (SSSR count). The third-order valence-corrected chi connectivity index (χ3v) is 3.58. The van der Waals surface area contributed by atoms with Crippen LogP contribution in [0.1, 0.15) is 21.5 Å². The maximum Gasteiger partial charge on any atom is 0.416 e. The summed E-state index contributed by atoms with van der Waals surface area (Å²) >= 11 is 3.03. The molecule has 0 saturated heterocycles. The van der Waals surface area contributed by atoms with Crippen LogP contribution in [0.2, 0.25) is 0 Å². The van der Waals surface area contributed by atoms with Gasteiger partial charge in [0.1, 0.15) is 12.9 Å². The van der Waals surface area contributed by atoms with Crippen LogP contribution >= 0.6 is 15.9 Å². The number of hydrogen-bond acceptors (Lipinski definition) is 3. The molecule has 0 amide bonds. The first kappa shape index (κ1) is 17.3.